The molecule has 0 saturated heterocycles. The third-order valence-corrected chi connectivity index (χ3v) is 7.93. The molecule has 0 unspecified atom stereocenters. The van der Waals surface area contributed by atoms with E-state index in [1.54, 1.807) is 54.3 Å². The standard InChI is InChI=1S/C26H23FN4O3S/c1-30-16-14-28-25(30)24(19-9-11-21(27)12-10-19)29-26(32)20-6-4-7-22(17-20)35(33,34)31-15-13-18-5-2-3-8-23(18)31/h2-12,14,16-17,24H,13,15H2,1H3,(H,29,32)/t24-/m1/s1. The molecular formula is C26H23FN4O3S. The van der Waals surface area contributed by atoms with Crippen molar-refractivity contribution in [2.24, 2.45) is 7.05 Å². The lowest BCUT2D eigenvalue weighted by molar-refractivity contribution is 0.0941. The SMILES string of the molecule is Cn1ccnc1[C@H](NC(=O)c1cccc(S(=O)(=O)N2CCc3ccccc32)c1)c1ccc(F)cc1. The van der Waals surface area contributed by atoms with Crippen molar-refractivity contribution >= 4 is 21.6 Å². The minimum atomic E-state index is -3.85. The summed E-state index contributed by atoms with van der Waals surface area (Å²) in [7, 11) is -2.05. The summed E-state index contributed by atoms with van der Waals surface area (Å²) in [6, 6.07) is 18.5. The molecule has 4 aromatic rings. The van der Waals surface area contributed by atoms with E-state index in [4.69, 9.17) is 0 Å². The van der Waals surface area contributed by atoms with Crippen LogP contribution in [0.25, 0.3) is 0 Å². The zero-order chi connectivity index (χ0) is 24.6. The summed E-state index contributed by atoms with van der Waals surface area (Å²) >= 11 is 0. The fraction of sp³-hybridized carbons (Fsp3) is 0.154. The van der Waals surface area contributed by atoms with Gasteiger partial charge in [0.05, 0.1) is 10.6 Å². The van der Waals surface area contributed by atoms with E-state index in [0.29, 0.717) is 30.0 Å². The molecule has 3 aromatic carbocycles. The number of para-hydroxylation sites is 1. The number of fused-ring (bicyclic) bond motifs is 1. The number of benzene rings is 3. The molecule has 1 aliphatic rings. The second-order valence-corrected chi connectivity index (χ2v) is 10.2. The van der Waals surface area contributed by atoms with Crippen molar-refractivity contribution in [1.29, 1.82) is 0 Å². The van der Waals surface area contributed by atoms with Gasteiger partial charge in [0.1, 0.15) is 17.7 Å². The number of hydrogen-bond donors (Lipinski definition) is 1. The molecule has 1 N–H and O–H groups in total. The second-order valence-electron chi connectivity index (χ2n) is 8.34. The number of nitrogens with zero attached hydrogens (tertiary/aromatic N) is 3. The monoisotopic (exact) mass is 490 g/mol. The van der Waals surface area contributed by atoms with Crippen molar-refractivity contribution in [2.45, 2.75) is 17.4 Å². The predicted octanol–water partition coefficient (Wildman–Crippen LogP) is 3.83. The molecule has 0 fully saturated rings. The van der Waals surface area contributed by atoms with Crippen LogP contribution in [0.5, 0.6) is 0 Å². The van der Waals surface area contributed by atoms with Gasteiger partial charge in [-0.15, -0.1) is 0 Å². The van der Waals surface area contributed by atoms with Crippen LogP contribution in [0, 0.1) is 5.82 Å². The lowest BCUT2D eigenvalue weighted by Gasteiger charge is -2.21. The number of anilines is 1. The lowest BCUT2D eigenvalue weighted by Crippen LogP contribution is -2.32. The molecule has 0 radical (unpaired) electrons. The summed E-state index contributed by atoms with van der Waals surface area (Å²) in [6.07, 6.45) is 4.00. The maximum absolute atomic E-state index is 13.5. The fourth-order valence-electron chi connectivity index (χ4n) is 4.30. The Hall–Kier alpha value is -3.98. The highest BCUT2D eigenvalue weighted by atomic mass is 32.2. The van der Waals surface area contributed by atoms with Crippen LogP contribution in [0.3, 0.4) is 0 Å². The topological polar surface area (TPSA) is 84.3 Å². The first-order valence-electron chi connectivity index (χ1n) is 11.1. The molecule has 0 spiro atoms. The van der Waals surface area contributed by atoms with Gasteiger partial charge < -0.3 is 9.88 Å². The zero-order valence-electron chi connectivity index (χ0n) is 18.9. The van der Waals surface area contributed by atoms with Gasteiger partial charge in [-0.2, -0.15) is 0 Å². The molecule has 0 aliphatic carbocycles. The first-order chi connectivity index (χ1) is 16.8. The van der Waals surface area contributed by atoms with Crippen molar-refractivity contribution in [3.63, 3.8) is 0 Å². The van der Waals surface area contributed by atoms with Crippen LogP contribution in [0.2, 0.25) is 0 Å². The number of hydrogen-bond acceptors (Lipinski definition) is 4. The number of carbonyl (C=O) groups is 1. The van der Waals surface area contributed by atoms with E-state index in [1.807, 2.05) is 18.2 Å². The van der Waals surface area contributed by atoms with Crippen molar-refractivity contribution in [2.75, 3.05) is 10.8 Å². The van der Waals surface area contributed by atoms with E-state index < -0.39 is 22.0 Å². The number of amides is 1. The molecular weight excluding hydrogens is 467 g/mol. The molecule has 9 heteroatoms. The largest absolute Gasteiger partial charge is 0.338 e. The molecule has 0 bridgehead atoms. The maximum atomic E-state index is 13.5. The molecule has 2 heterocycles. The normalized spacial score (nSPS) is 13.9. The zero-order valence-corrected chi connectivity index (χ0v) is 19.7. The molecule has 1 amide bonds. The van der Waals surface area contributed by atoms with E-state index in [1.165, 1.54) is 28.6 Å². The quantitative estimate of drug-likeness (QED) is 0.445. The molecule has 7 nitrogen and oxygen atoms in total. The Morgan fingerprint density at radius 2 is 1.83 bits per heavy atom. The minimum Gasteiger partial charge on any atom is -0.338 e. The van der Waals surface area contributed by atoms with E-state index in [0.717, 1.165) is 5.56 Å². The van der Waals surface area contributed by atoms with Crippen molar-refractivity contribution in [1.82, 2.24) is 14.9 Å². The van der Waals surface area contributed by atoms with Crippen LogP contribution in [-0.4, -0.2) is 30.4 Å². The van der Waals surface area contributed by atoms with Crippen LogP contribution in [0.15, 0.2) is 90.1 Å². The number of halogens is 1. The summed E-state index contributed by atoms with van der Waals surface area (Å²) in [5.74, 6) is -0.302. The van der Waals surface area contributed by atoms with Gasteiger partial charge in [-0.3, -0.25) is 9.10 Å². The van der Waals surface area contributed by atoms with Crippen LogP contribution < -0.4 is 9.62 Å². The van der Waals surface area contributed by atoms with Gasteiger partial charge in [0.2, 0.25) is 0 Å². The summed E-state index contributed by atoms with van der Waals surface area (Å²) in [4.78, 5) is 17.7. The fourth-order valence-corrected chi connectivity index (χ4v) is 5.85. The van der Waals surface area contributed by atoms with Crippen molar-refractivity contribution < 1.29 is 17.6 Å². The molecule has 0 saturated carbocycles. The number of aryl methyl sites for hydroxylation is 1. The summed E-state index contributed by atoms with van der Waals surface area (Å²) in [6.45, 7) is 0.351. The number of rotatable bonds is 6. The van der Waals surface area contributed by atoms with E-state index >= 15 is 0 Å². The third-order valence-electron chi connectivity index (χ3n) is 6.12. The summed E-state index contributed by atoms with van der Waals surface area (Å²) < 4.78 is 43.5. The molecule has 1 aliphatic heterocycles. The first kappa shape index (κ1) is 22.8. The molecule has 5 rings (SSSR count). The molecule has 35 heavy (non-hydrogen) atoms. The van der Waals surface area contributed by atoms with Gasteiger partial charge in [0.15, 0.2) is 0 Å². The van der Waals surface area contributed by atoms with Crippen LogP contribution in [0.4, 0.5) is 10.1 Å². The van der Waals surface area contributed by atoms with Gasteiger partial charge in [-0.25, -0.2) is 17.8 Å². The number of aromatic nitrogens is 2. The number of imidazole rings is 1. The Kier molecular flexibility index (Phi) is 5.86. The maximum Gasteiger partial charge on any atom is 0.264 e. The van der Waals surface area contributed by atoms with Crippen molar-refractivity contribution in [3.05, 3.63) is 114 Å². The Labute approximate surface area is 202 Å². The first-order valence-corrected chi connectivity index (χ1v) is 12.5. The number of nitrogens with one attached hydrogen (secondary N) is 1. The Morgan fingerprint density at radius 3 is 2.57 bits per heavy atom. The highest BCUT2D eigenvalue weighted by molar-refractivity contribution is 7.92. The Morgan fingerprint density at radius 1 is 1.06 bits per heavy atom. The highest BCUT2D eigenvalue weighted by Crippen LogP contribution is 2.33. The van der Waals surface area contributed by atoms with Gasteiger partial charge in [-0.1, -0.05) is 36.4 Å². The van der Waals surface area contributed by atoms with E-state index in [2.05, 4.69) is 10.3 Å². The van der Waals surface area contributed by atoms with Crippen LogP contribution >= 0.6 is 0 Å². The third kappa shape index (κ3) is 4.30. The van der Waals surface area contributed by atoms with Crippen LogP contribution in [-0.2, 0) is 23.5 Å². The van der Waals surface area contributed by atoms with E-state index in [-0.39, 0.29) is 16.3 Å². The number of sulfonamides is 1. The molecule has 178 valence electrons. The highest BCUT2D eigenvalue weighted by Gasteiger charge is 2.31. The summed E-state index contributed by atoms with van der Waals surface area (Å²) in [5, 5.41) is 2.92. The van der Waals surface area contributed by atoms with Crippen molar-refractivity contribution in [3.8, 4) is 0 Å². The van der Waals surface area contributed by atoms with Gasteiger partial charge in [0.25, 0.3) is 15.9 Å². The lowest BCUT2D eigenvalue weighted by atomic mass is 10.1. The van der Waals surface area contributed by atoms with Gasteiger partial charge in [0, 0.05) is 31.5 Å². The van der Waals surface area contributed by atoms with Gasteiger partial charge in [-0.05, 0) is 53.9 Å². The van der Waals surface area contributed by atoms with Gasteiger partial charge >= 0.3 is 0 Å². The van der Waals surface area contributed by atoms with E-state index in [9.17, 15) is 17.6 Å². The number of carbonyl (C=O) groups excluding carboxylic acids is 1. The molecule has 1 atom stereocenters. The smallest absolute Gasteiger partial charge is 0.264 e. The van der Waals surface area contributed by atoms with Crippen LogP contribution in [0.1, 0.15) is 33.4 Å². The predicted molar refractivity (Wildman–Crippen MR) is 130 cm³/mol. The molecule has 1 aromatic heterocycles. The minimum absolute atomic E-state index is 0.0391. The summed E-state index contributed by atoms with van der Waals surface area (Å²) in [5.41, 5.74) is 2.47. The average molecular weight is 491 g/mol. The second kappa shape index (κ2) is 8.99. The average Bonchev–Trinajstić information content (AvgIpc) is 3.50. The Balaban J connectivity index is 1.45. The Bertz CT molecular complexity index is 1500.